The maximum Gasteiger partial charge on any atom is 0.339 e. The van der Waals surface area contributed by atoms with Crippen molar-refractivity contribution in [2.75, 3.05) is 0 Å². The quantitative estimate of drug-likeness (QED) is 0.390. The number of rotatable bonds is 5. The largest absolute Gasteiger partial charge is 0.453 e. The predicted molar refractivity (Wildman–Crippen MR) is 101 cm³/mol. The van der Waals surface area contributed by atoms with Crippen LogP contribution >= 0.6 is 0 Å². The number of carbonyl (C=O) groups is 1. The standard InChI is InChI=1S/C20H30O3Si/c1-13(2)11-16-18-15(12-22-24(7,8)20(4,5)6)10-9-14(3)17(18)19(21)23-16/h9-10,16H,1,11-12H2,2-8H3/t16-/m0/s1. The molecule has 3 nitrogen and oxygen atoms in total. The first-order valence-electron chi connectivity index (χ1n) is 8.56. The highest BCUT2D eigenvalue weighted by Crippen LogP contribution is 2.41. The summed E-state index contributed by atoms with van der Waals surface area (Å²) < 4.78 is 12.0. The zero-order valence-corrected chi connectivity index (χ0v) is 17.1. The van der Waals surface area contributed by atoms with Crippen molar-refractivity contribution in [3.05, 3.63) is 46.5 Å². The second kappa shape index (κ2) is 6.49. The fraction of sp³-hybridized carbons (Fsp3) is 0.550. The molecule has 0 spiro atoms. The number of benzene rings is 1. The Hall–Kier alpha value is -1.39. The van der Waals surface area contributed by atoms with E-state index in [1.807, 2.05) is 19.9 Å². The van der Waals surface area contributed by atoms with E-state index in [1.54, 1.807) is 0 Å². The van der Waals surface area contributed by atoms with Crippen LogP contribution in [0.2, 0.25) is 18.1 Å². The van der Waals surface area contributed by atoms with Gasteiger partial charge in [0.25, 0.3) is 0 Å². The highest BCUT2D eigenvalue weighted by Gasteiger charge is 2.39. The van der Waals surface area contributed by atoms with Gasteiger partial charge < -0.3 is 9.16 Å². The molecule has 1 aliphatic heterocycles. The summed E-state index contributed by atoms with van der Waals surface area (Å²) in [6, 6.07) is 4.07. The van der Waals surface area contributed by atoms with E-state index in [2.05, 4.69) is 46.5 Å². The van der Waals surface area contributed by atoms with Crippen LogP contribution in [0.3, 0.4) is 0 Å². The third kappa shape index (κ3) is 3.65. The smallest absolute Gasteiger partial charge is 0.339 e. The summed E-state index contributed by atoms with van der Waals surface area (Å²) in [6.45, 7) is 19.6. The van der Waals surface area contributed by atoms with Crippen molar-refractivity contribution >= 4 is 14.3 Å². The van der Waals surface area contributed by atoms with Crippen LogP contribution < -0.4 is 0 Å². The molecule has 1 aromatic rings. The Morgan fingerprint density at radius 2 is 1.96 bits per heavy atom. The minimum absolute atomic E-state index is 0.157. The zero-order chi connectivity index (χ0) is 18.3. The van der Waals surface area contributed by atoms with E-state index in [1.165, 1.54) is 0 Å². The van der Waals surface area contributed by atoms with Gasteiger partial charge in [-0.2, -0.15) is 0 Å². The van der Waals surface area contributed by atoms with Gasteiger partial charge in [0, 0.05) is 12.0 Å². The molecule has 0 saturated carbocycles. The Kier molecular flexibility index (Phi) is 5.12. The number of hydrogen-bond donors (Lipinski definition) is 0. The van der Waals surface area contributed by atoms with Gasteiger partial charge in [0.05, 0.1) is 12.2 Å². The van der Waals surface area contributed by atoms with Gasteiger partial charge in [-0.25, -0.2) is 4.79 Å². The number of cyclic esters (lactones) is 1. The lowest BCUT2D eigenvalue weighted by atomic mass is 9.93. The maximum atomic E-state index is 12.3. The molecule has 2 rings (SSSR count). The molecule has 1 aromatic carbocycles. The molecule has 0 radical (unpaired) electrons. The number of esters is 1. The molecule has 0 bridgehead atoms. The van der Waals surface area contributed by atoms with Gasteiger partial charge in [0.15, 0.2) is 8.32 Å². The predicted octanol–water partition coefficient (Wildman–Crippen LogP) is 5.69. The van der Waals surface area contributed by atoms with Gasteiger partial charge in [-0.05, 0) is 43.1 Å². The van der Waals surface area contributed by atoms with Gasteiger partial charge in [-0.3, -0.25) is 0 Å². The van der Waals surface area contributed by atoms with Crippen molar-refractivity contribution < 1.29 is 14.0 Å². The van der Waals surface area contributed by atoms with Crippen molar-refractivity contribution in [2.45, 2.75) is 71.9 Å². The van der Waals surface area contributed by atoms with Crippen molar-refractivity contribution in [1.29, 1.82) is 0 Å². The molecular weight excluding hydrogens is 316 g/mol. The minimum Gasteiger partial charge on any atom is -0.453 e. The van der Waals surface area contributed by atoms with Gasteiger partial charge >= 0.3 is 5.97 Å². The molecule has 1 aliphatic rings. The minimum atomic E-state index is -1.85. The van der Waals surface area contributed by atoms with Crippen LogP contribution in [-0.4, -0.2) is 14.3 Å². The van der Waals surface area contributed by atoms with Crippen LogP contribution in [0.5, 0.6) is 0 Å². The van der Waals surface area contributed by atoms with Crippen LogP contribution in [0.25, 0.3) is 0 Å². The molecule has 1 heterocycles. The molecule has 0 amide bonds. The van der Waals surface area contributed by atoms with E-state index in [9.17, 15) is 4.79 Å². The molecule has 0 aromatic heterocycles. The molecule has 0 saturated heterocycles. The van der Waals surface area contributed by atoms with Crippen LogP contribution in [0.4, 0.5) is 0 Å². The average Bonchev–Trinajstić information content (AvgIpc) is 2.74. The van der Waals surface area contributed by atoms with Gasteiger partial charge in [0.1, 0.15) is 6.10 Å². The highest BCUT2D eigenvalue weighted by molar-refractivity contribution is 6.74. The van der Waals surface area contributed by atoms with E-state index in [0.717, 1.165) is 27.8 Å². The number of hydrogen-bond acceptors (Lipinski definition) is 3. The van der Waals surface area contributed by atoms with Crippen LogP contribution in [0.15, 0.2) is 24.3 Å². The van der Waals surface area contributed by atoms with Crippen LogP contribution in [0.1, 0.15) is 67.3 Å². The Labute approximate surface area is 147 Å². The third-order valence-electron chi connectivity index (χ3n) is 5.25. The lowest BCUT2D eigenvalue weighted by Gasteiger charge is -2.36. The first-order valence-corrected chi connectivity index (χ1v) is 11.5. The van der Waals surface area contributed by atoms with E-state index < -0.39 is 8.32 Å². The normalized spacial score (nSPS) is 17.6. The number of ether oxygens (including phenoxy) is 1. The maximum absolute atomic E-state index is 12.3. The van der Waals surface area contributed by atoms with E-state index in [4.69, 9.17) is 9.16 Å². The van der Waals surface area contributed by atoms with Gasteiger partial charge in [0.2, 0.25) is 0 Å². The molecule has 24 heavy (non-hydrogen) atoms. The summed E-state index contributed by atoms with van der Waals surface area (Å²) in [6.07, 6.45) is 0.429. The Morgan fingerprint density at radius 3 is 2.50 bits per heavy atom. The molecule has 132 valence electrons. The second-order valence-corrected chi connectivity index (χ2v) is 13.2. The second-order valence-electron chi connectivity index (χ2n) is 8.43. The van der Waals surface area contributed by atoms with Crippen molar-refractivity contribution in [1.82, 2.24) is 0 Å². The summed E-state index contributed by atoms with van der Waals surface area (Å²) >= 11 is 0. The lowest BCUT2D eigenvalue weighted by Crippen LogP contribution is -2.40. The molecule has 1 atom stereocenters. The summed E-state index contributed by atoms with van der Waals surface area (Å²) in [4.78, 5) is 12.3. The highest BCUT2D eigenvalue weighted by atomic mass is 28.4. The van der Waals surface area contributed by atoms with Crippen molar-refractivity contribution in [3.8, 4) is 0 Å². The molecule has 0 aliphatic carbocycles. The molecule has 4 heteroatoms. The number of carbonyl (C=O) groups excluding carboxylic acids is 1. The summed E-state index contributed by atoms with van der Waals surface area (Å²) in [5.41, 5.74) is 4.77. The Balaban J connectivity index is 2.36. The molecule has 0 fully saturated rings. The summed E-state index contributed by atoms with van der Waals surface area (Å²) in [5, 5.41) is 0.157. The Morgan fingerprint density at radius 1 is 1.33 bits per heavy atom. The first-order chi connectivity index (χ1) is 10.9. The Bertz CT molecular complexity index is 668. The zero-order valence-electron chi connectivity index (χ0n) is 16.1. The molecule has 0 N–H and O–H groups in total. The third-order valence-corrected chi connectivity index (χ3v) is 9.73. The fourth-order valence-electron chi connectivity index (χ4n) is 2.72. The first kappa shape index (κ1) is 18.9. The average molecular weight is 347 g/mol. The monoisotopic (exact) mass is 346 g/mol. The number of aryl methyl sites for hydroxylation is 1. The van der Waals surface area contributed by atoms with Gasteiger partial charge in [-0.1, -0.05) is 45.1 Å². The van der Waals surface area contributed by atoms with Gasteiger partial charge in [-0.15, -0.1) is 0 Å². The summed E-state index contributed by atoms with van der Waals surface area (Å²) in [7, 11) is -1.85. The molecule has 0 unspecified atom stereocenters. The van der Waals surface area contributed by atoms with Crippen molar-refractivity contribution in [3.63, 3.8) is 0 Å². The number of fused-ring (bicyclic) bond motifs is 1. The van der Waals surface area contributed by atoms with Crippen LogP contribution in [0, 0.1) is 6.92 Å². The molecular formula is C20H30O3Si. The van der Waals surface area contributed by atoms with Crippen LogP contribution in [-0.2, 0) is 15.8 Å². The SMILES string of the molecule is C=C(C)C[C@@H]1OC(=O)c2c(C)ccc(CO[Si](C)(C)C(C)(C)C)c21. The topological polar surface area (TPSA) is 35.5 Å². The van der Waals surface area contributed by atoms with Crippen molar-refractivity contribution in [2.24, 2.45) is 0 Å². The fourth-order valence-corrected chi connectivity index (χ4v) is 3.67. The van der Waals surface area contributed by atoms with E-state index >= 15 is 0 Å². The lowest BCUT2D eigenvalue weighted by molar-refractivity contribution is 0.0385. The van der Waals surface area contributed by atoms with E-state index in [0.29, 0.717) is 13.0 Å². The van der Waals surface area contributed by atoms with E-state index in [-0.39, 0.29) is 17.1 Å². The summed E-state index contributed by atoms with van der Waals surface area (Å²) in [5.74, 6) is -0.220.